The van der Waals surface area contributed by atoms with Crippen LogP contribution in [0.25, 0.3) is 22.0 Å². The van der Waals surface area contributed by atoms with Crippen LogP contribution >= 0.6 is 0 Å². The molecule has 0 aliphatic heterocycles. The van der Waals surface area contributed by atoms with Crippen LogP contribution in [-0.2, 0) is 6.61 Å². The predicted octanol–water partition coefficient (Wildman–Crippen LogP) is 7.19. The first kappa shape index (κ1) is 23.7. The summed E-state index contributed by atoms with van der Waals surface area (Å²) in [7, 11) is 0. The predicted molar refractivity (Wildman–Crippen MR) is 142 cm³/mol. The molecular formula is C31H24N2O4. The highest BCUT2D eigenvalue weighted by Gasteiger charge is 2.11. The molecule has 0 radical (unpaired) electrons. The standard InChI is InChI=1S/C31H24N2O4/c1-21-6-4-10-27(31(21)35-17-16-32)22-12-14-24(15-13-22)37-26-9-5-8-25(19-26)36-20-29-30(34)18-23-7-2-3-11-28(23)33-29/h2-15,18-19,34H,17,20H2,1H3. The highest BCUT2D eigenvalue weighted by Crippen LogP contribution is 2.35. The minimum atomic E-state index is -0.00595. The van der Waals surface area contributed by atoms with Crippen LogP contribution in [0.4, 0.5) is 0 Å². The van der Waals surface area contributed by atoms with Gasteiger partial charge < -0.3 is 19.3 Å². The van der Waals surface area contributed by atoms with Crippen molar-refractivity contribution in [1.29, 1.82) is 5.26 Å². The summed E-state index contributed by atoms with van der Waals surface area (Å²) >= 11 is 0. The van der Waals surface area contributed by atoms with E-state index in [-0.39, 0.29) is 19.0 Å². The molecule has 0 fully saturated rings. The number of aromatic nitrogens is 1. The number of aryl methyl sites for hydroxylation is 1. The van der Waals surface area contributed by atoms with E-state index in [4.69, 9.17) is 19.5 Å². The Bertz CT molecular complexity index is 1590. The Morgan fingerprint density at radius 3 is 2.43 bits per heavy atom. The number of nitriles is 1. The zero-order valence-corrected chi connectivity index (χ0v) is 20.2. The average molecular weight is 489 g/mol. The molecule has 0 saturated heterocycles. The fourth-order valence-electron chi connectivity index (χ4n) is 4.04. The average Bonchev–Trinajstić information content (AvgIpc) is 2.92. The second kappa shape index (κ2) is 10.7. The van der Waals surface area contributed by atoms with E-state index in [0.29, 0.717) is 28.7 Å². The molecule has 0 atom stereocenters. The largest absolute Gasteiger partial charge is 0.506 e. The van der Waals surface area contributed by atoms with Crippen molar-refractivity contribution < 1.29 is 19.3 Å². The second-order valence-corrected chi connectivity index (χ2v) is 8.44. The van der Waals surface area contributed by atoms with E-state index in [1.807, 2.05) is 97.9 Å². The van der Waals surface area contributed by atoms with E-state index in [1.165, 1.54) is 0 Å². The van der Waals surface area contributed by atoms with E-state index in [0.717, 1.165) is 27.6 Å². The van der Waals surface area contributed by atoms with Gasteiger partial charge in [-0.05, 0) is 54.4 Å². The quantitative estimate of drug-likeness (QED) is 0.249. The number of ether oxygens (including phenoxy) is 3. The number of hydrogen-bond acceptors (Lipinski definition) is 6. The molecule has 5 aromatic rings. The highest BCUT2D eigenvalue weighted by molar-refractivity contribution is 5.80. The molecule has 0 spiro atoms. The third kappa shape index (κ3) is 5.47. The van der Waals surface area contributed by atoms with Gasteiger partial charge in [0.2, 0.25) is 0 Å². The van der Waals surface area contributed by atoms with Crippen LogP contribution in [0.3, 0.4) is 0 Å². The Kier molecular flexibility index (Phi) is 6.87. The summed E-state index contributed by atoms with van der Waals surface area (Å²) in [4.78, 5) is 4.51. The first-order valence-electron chi connectivity index (χ1n) is 11.8. The van der Waals surface area contributed by atoms with Crippen LogP contribution in [0, 0.1) is 18.3 Å². The van der Waals surface area contributed by atoms with Crippen molar-refractivity contribution in [1.82, 2.24) is 4.98 Å². The Hall–Kier alpha value is -5.02. The molecule has 6 nitrogen and oxygen atoms in total. The van der Waals surface area contributed by atoms with E-state index < -0.39 is 0 Å². The van der Waals surface area contributed by atoms with Gasteiger partial charge in [-0.1, -0.05) is 54.6 Å². The maximum atomic E-state index is 10.3. The molecule has 0 unspecified atom stereocenters. The molecule has 0 aliphatic rings. The molecule has 37 heavy (non-hydrogen) atoms. The number of rotatable bonds is 8. The summed E-state index contributed by atoms with van der Waals surface area (Å²) < 4.78 is 17.6. The van der Waals surface area contributed by atoms with Gasteiger partial charge in [0.05, 0.1) is 5.52 Å². The zero-order valence-electron chi connectivity index (χ0n) is 20.2. The van der Waals surface area contributed by atoms with E-state index in [1.54, 1.807) is 12.1 Å². The minimum absolute atomic E-state index is 0.00595. The van der Waals surface area contributed by atoms with Crippen LogP contribution in [0.15, 0.2) is 97.1 Å². The van der Waals surface area contributed by atoms with Crippen molar-refractivity contribution >= 4 is 10.9 Å². The number of fused-ring (bicyclic) bond motifs is 1. The van der Waals surface area contributed by atoms with Gasteiger partial charge in [0.25, 0.3) is 0 Å². The number of aromatic hydroxyl groups is 1. The second-order valence-electron chi connectivity index (χ2n) is 8.44. The van der Waals surface area contributed by atoms with Gasteiger partial charge in [-0.2, -0.15) is 5.26 Å². The number of hydrogen-bond donors (Lipinski definition) is 1. The van der Waals surface area contributed by atoms with Crippen molar-refractivity contribution in [3.63, 3.8) is 0 Å². The van der Waals surface area contributed by atoms with Gasteiger partial charge in [-0.15, -0.1) is 0 Å². The normalized spacial score (nSPS) is 10.6. The van der Waals surface area contributed by atoms with Gasteiger partial charge in [0.1, 0.15) is 47.1 Å². The lowest BCUT2D eigenvalue weighted by molar-refractivity contribution is 0.293. The Balaban J connectivity index is 1.28. The van der Waals surface area contributed by atoms with Crippen molar-refractivity contribution in [3.05, 3.63) is 108 Å². The third-order valence-corrected chi connectivity index (χ3v) is 5.86. The zero-order chi connectivity index (χ0) is 25.6. The summed E-state index contributed by atoms with van der Waals surface area (Å²) in [5, 5.41) is 20.1. The first-order valence-corrected chi connectivity index (χ1v) is 11.8. The molecule has 0 amide bonds. The van der Waals surface area contributed by atoms with Crippen LogP contribution in [0.2, 0.25) is 0 Å². The minimum Gasteiger partial charge on any atom is -0.506 e. The van der Waals surface area contributed by atoms with E-state index >= 15 is 0 Å². The lowest BCUT2D eigenvalue weighted by atomic mass is 10.0. The smallest absolute Gasteiger partial charge is 0.174 e. The van der Waals surface area contributed by atoms with Crippen LogP contribution in [0.1, 0.15) is 11.3 Å². The van der Waals surface area contributed by atoms with Gasteiger partial charge in [-0.25, -0.2) is 4.98 Å². The number of nitrogens with zero attached hydrogens (tertiary/aromatic N) is 2. The molecular weight excluding hydrogens is 464 g/mol. The number of para-hydroxylation sites is 2. The maximum Gasteiger partial charge on any atom is 0.174 e. The fourth-order valence-corrected chi connectivity index (χ4v) is 4.04. The van der Waals surface area contributed by atoms with Crippen LogP contribution in [0.5, 0.6) is 28.7 Å². The summed E-state index contributed by atoms with van der Waals surface area (Å²) in [6, 6.07) is 32.2. The topological polar surface area (TPSA) is 84.6 Å². The molecule has 1 N–H and O–H groups in total. The van der Waals surface area contributed by atoms with Gasteiger partial charge in [0, 0.05) is 17.0 Å². The van der Waals surface area contributed by atoms with Crippen molar-refractivity contribution in [2.24, 2.45) is 0 Å². The van der Waals surface area contributed by atoms with Crippen LogP contribution in [-0.4, -0.2) is 16.7 Å². The lowest BCUT2D eigenvalue weighted by Gasteiger charge is -2.13. The maximum absolute atomic E-state index is 10.3. The summed E-state index contributed by atoms with van der Waals surface area (Å²) in [5.41, 5.74) is 4.12. The SMILES string of the molecule is Cc1cccc(-c2ccc(Oc3cccc(OCc4nc5ccccc5cc4O)c3)cc2)c1OCC#N. The Morgan fingerprint density at radius 1 is 0.811 bits per heavy atom. The Morgan fingerprint density at radius 2 is 1.59 bits per heavy atom. The van der Waals surface area contributed by atoms with Gasteiger partial charge >= 0.3 is 0 Å². The summed E-state index contributed by atoms with van der Waals surface area (Å²) in [6.07, 6.45) is 0. The number of pyridine rings is 1. The van der Waals surface area contributed by atoms with E-state index in [9.17, 15) is 5.11 Å². The Labute approximate surface area is 214 Å². The summed E-state index contributed by atoms with van der Waals surface area (Å²) in [6.45, 7) is 2.08. The highest BCUT2D eigenvalue weighted by atomic mass is 16.5. The molecule has 6 heteroatoms. The van der Waals surface area contributed by atoms with Crippen molar-refractivity contribution in [2.75, 3.05) is 6.61 Å². The molecule has 0 saturated carbocycles. The lowest BCUT2D eigenvalue weighted by Crippen LogP contribution is -1.99. The monoisotopic (exact) mass is 488 g/mol. The molecule has 0 bridgehead atoms. The van der Waals surface area contributed by atoms with E-state index in [2.05, 4.69) is 4.98 Å². The molecule has 4 aromatic carbocycles. The molecule has 1 aromatic heterocycles. The number of benzene rings is 4. The molecule has 182 valence electrons. The fraction of sp³-hybridized carbons (Fsp3) is 0.0968. The molecule has 1 heterocycles. The van der Waals surface area contributed by atoms with Crippen molar-refractivity contribution in [2.45, 2.75) is 13.5 Å². The van der Waals surface area contributed by atoms with Crippen molar-refractivity contribution in [3.8, 4) is 45.9 Å². The van der Waals surface area contributed by atoms with Gasteiger partial charge in [0.15, 0.2) is 6.61 Å². The third-order valence-electron chi connectivity index (χ3n) is 5.86. The molecule has 5 rings (SSSR count). The van der Waals surface area contributed by atoms with Gasteiger partial charge in [-0.3, -0.25) is 0 Å². The first-order chi connectivity index (χ1) is 18.1. The summed E-state index contributed by atoms with van der Waals surface area (Å²) in [5.74, 6) is 2.69. The molecule has 0 aliphatic carbocycles. The van der Waals surface area contributed by atoms with Crippen LogP contribution < -0.4 is 14.2 Å².